The summed E-state index contributed by atoms with van der Waals surface area (Å²) in [5.74, 6) is 0.829. The Kier molecular flexibility index (Phi) is 16.9. The number of benzene rings is 1. The maximum absolute atomic E-state index is 5.71. The van der Waals surface area contributed by atoms with E-state index in [-0.39, 0.29) is 24.0 Å². The van der Waals surface area contributed by atoms with Crippen LogP contribution in [0.3, 0.4) is 0 Å². The summed E-state index contributed by atoms with van der Waals surface area (Å²) in [5.41, 5.74) is 2.32. The van der Waals surface area contributed by atoms with E-state index in [4.69, 9.17) is 23.9 Å². The number of aliphatic imine (C=N–C) groups is 1. The Hall–Kier alpha value is -0.940. The molecule has 0 radical (unpaired) electrons. The highest BCUT2D eigenvalue weighted by molar-refractivity contribution is 14.0. The van der Waals surface area contributed by atoms with Crippen molar-refractivity contribution in [1.29, 1.82) is 0 Å². The molecule has 0 amide bonds. The van der Waals surface area contributed by atoms with Crippen LogP contribution in [0, 0.1) is 0 Å². The lowest BCUT2D eigenvalue weighted by Crippen LogP contribution is -2.38. The highest BCUT2D eigenvalue weighted by Crippen LogP contribution is 2.12. The summed E-state index contributed by atoms with van der Waals surface area (Å²) in [5, 5.41) is 6.67. The highest BCUT2D eigenvalue weighted by atomic mass is 127. The normalized spacial score (nSPS) is 16.2. The highest BCUT2D eigenvalue weighted by Gasteiger charge is 2.14. The van der Waals surface area contributed by atoms with Gasteiger partial charge in [-0.3, -0.25) is 0 Å². The minimum atomic E-state index is 0. The van der Waals surface area contributed by atoms with Crippen molar-refractivity contribution in [3.8, 4) is 0 Å². The maximum Gasteiger partial charge on any atom is 0.191 e. The van der Waals surface area contributed by atoms with Gasteiger partial charge in [-0.15, -0.1) is 24.0 Å². The zero-order valence-corrected chi connectivity index (χ0v) is 21.4. The van der Waals surface area contributed by atoms with Crippen LogP contribution in [0.4, 0.5) is 0 Å². The number of hydrogen-bond acceptors (Lipinski definition) is 5. The lowest BCUT2D eigenvalue weighted by molar-refractivity contribution is 0.0168. The van der Waals surface area contributed by atoms with E-state index < -0.39 is 0 Å². The SMILES string of the molecule is CCNC(=NCc1cccc(COCCOCC)c1)NCCCOCC1CCCO1.I. The van der Waals surface area contributed by atoms with E-state index in [2.05, 4.69) is 41.8 Å². The van der Waals surface area contributed by atoms with Gasteiger partial charge >= 0.3 is 0 Å². The Morgan fingerprint density at radius 1 is 1.10 bits per heavy atom. The second kappa shape index (κ2) is 18.6. The van der Waals surface area contributed by atoms with Crippen LogP contribution in [0.2, 0.25) is 0 Å². The summed E-state index contributed by atoms with van der Waals surface area (Å²) in [4.78, 5) is 4.70. The summed E-state index contributed by atoms with van der Waals surface area (Å²) in [6.45, 7) is 11.2. The molecule has 1 heterocycles. The van der Waals surface area contributed by atoms with Gasteiger partial charge in [0.2, 0.25) is 0 Å². The second-order valence-corrected chi connectivity index (χ2v) is 7.25. The number of rotatable bonds is 15. The van der Waals surface area contributed by atoms with Crippen LogP contribution >= 0.6 is 24.0 Å². The van der Waals surface area contributed by atoms with Gasteiger partial charge in [-0.2, -0.15) is 0 Å². The molecule has 1 aliphatic heterocycles. The fourth-order valence-electron chi connectivity index (χ4n) is 3.15. The van der Waals surface area contributed by atoms with Gasteiger partial charge in [0.05, 0.1) is 39.1 Å². The van der Waals surface area contributed by atoms with E-state index in [0.29, 0.717) is 39.1 Å². The zero-order valence-electron chi connectivity index (χ0n) is 19.1. The molecule has 0 aromatic heterocycles. The molecule has 8 heteroatoms. The van der Waals surface area contributed by atoms with Gasteiger partial charge in [0.1, 0.15) is 0 Å². The first-order chi connectivity index (χ1) is 14.8. The van der Waals surface area contributed by atoms with Crippen LogP contribution in [0.15, 0.2) is 29.3 Å². The third kappa shape index (κ3) is 13.3. The van der Waals surface area contributed by atoms with Crippen molar-refractivity contribution in [2.45, 2.75) is 52.4 Å². The lowest BCUT2D eigenvalue weighted by atomic mass is 10.1. The van der Waals surface area contributed by atoms with Crippen LogP contribution in [-0.2, 0) is 32.1 Å². The first-order valence-electron chi connectivity index (χ1n) is 11.3. The van der Waals surface area contributed by atoms with Crippen molar-refractivity contribution in [1.82, 2.24) is 10.6 Å². The molecule has 2 rings (SSSR count). The summed E-state index contributed by atoms with van der Waals surface area (Å²) in [6, 6.07) is 8.37. The zero-order chi connectivity index (χ0) is 21.3. The minimum absolute atomic E-state index is 0. The molecular formula is C23H40IN3O4. The molecule has 0 saturated carbocycles. The lowest BCUT2D eigenvalue weighted by Gasteiger charge is -2.13. The van der Waals surface area contributed by atoms with E-state index in [1.54, 1.807) is 0 Å². The van der Waals surface area contributed by atoms with Crippen molar-refractivity contribution in [3.63, 3.8) is 0 Å². The summed E-state index contributed by atoms with van der Waals surface area (Å²) in [6.07, 6.45) is 3.51. The second-order valence-electron chi connectivity index (χ2n) is 7.25. The molecule has 1 aromatic carbocycles. The minimum Gasteiger partial charge on any atom is -0.379 e. The predicted molar refractivity (Wildman–Crippen MR) is 135 cm³/mol. The molecule has 1 saturated heterocycles. The van der Waals surface area contributed by atoms with Gasteiger partial charge in [0.15, 0.2) is 5.96 Å². The quantitative estimate of drug-likeness (QED) is 0.151. The molecule has 1 atom stereocenters. The molecule has 7 nitrogen and oxygen atoms in total. The molecular weight excluding hydrogens is 509 g/mol. The Morgan fingerprint density at radius 3 is 2.71 bits per heavy atom. The van der Waals surface area contributed by atoms with Gasteiger partial charge < -0.3 is 29.6 Å². The third-order valence-corrected chi connectivity index (χ3v) is 4.69. The maximum atomic E-state index is 5.71. The Bertz CT molecular complexity index is 598. The van der Waals surface area contributed by atoms with Crippen molar-refractivity contribution in [2.24, 2.45) is 4.99 Å². The fraction of sp³-hybridized carbons (Fsp3) is 0.696. The molecule has 178 valence electrons. The van der Waals surface area contributed by atoms with Crippen molar-refractivity contribution in [2.75, 3.05) is 52.7 Å². The molecule has 1 fully saturated rings. The van der Waals surface area contributed by atoms with Crippen LogP contribution in [0.5, 0.6) is 0 Å². The van der Waals surface area contributed by atoms with Crippen molar-refractivity contribution < 1.29 is 18.9 Å². The van der Waals surface area contributed by atoms with Crippen molar-refractivity contribution in [3.05, 3.63) is 35.4 Å². The molecule has 1 aromatic rings. The Balaban J connectivity index is 0.00000480. The molecule has 2 N–H and O–H groups in total. The number of ether oxygens (including phenoxy) is 4. The van der Waals surface area contributed by atoms with Gasteiger partial charge in [-0.05, 0) is 44.2 Å². The van der Waals surface area contributed by atoms with E-state index in [9.17, 15) is 0 Å². The van der Waals surface area contributed by atoms with Gasteiger partial charge in [-0.25, -0.2) is 4.99 Å². The molecule has 1 aliphatic rings. The van der Waals surface area contributed by atoms with Gasteiger partial charge in [0.25, 0.3) is 0 Å². The first-order valence-corrected chi connectivity index (χ1v) is 11.3. The van der Waals surface area contributed by atoms with E-state index >= 15 is 0 Å². The number of nitrogens with one attached hydrogen (secondary N) is 2. The van der Waals surface area contributed by atoms with Crippen LogP contribution in [-0.4, -0.2) is 64.8 Å². The number of halogens is 1. The average molecular weight is 549 g/mol. The standard InChI is InChI=1S/C23H39N3O4.HI/c1-3-24-23(25-11-7-12-28-19-22-10-6-13-30-22)26-17-20-8-5-9-21(16-20)18-29-15-14-27-4-2;/h5,8-9,16,22H,3-4,6-7,10-15,17-19H2,1-2H3,(H2,24,25,26);1H. The third-order valence-electron chi connectivity index (χ3n) is 4.69. The fourth-order valence-corrected chi connectivity index (χ4v) is 3.15. The smallest absolute Gasteiger partial charge is 0.191 e. The number of nitrogens with zero attached hydrogens (tertiary/aromatic N) is 1. The topological polar surface area (TPSA) is 73.3 Å². The summed E-state index contributed by atoms with van der Waals surface area (Å²) in [7, 11) is 0. The molecule has 0 bridgehead atoms. The summed E-state index contributed by atoms with van der Waals surface area (Å²) < 4.78 is 22.2. The Morgan fingerprint density at radius 2 is 1.94 bits per heavy atom. The largest absolute Gasteiger partial charge is 0.379 e. The number of hydrogen-bond donors (Lipinski definition) is 2. The monoisotopic (exact) mass is 549 g/mol. The Labute approximate surface area is 204 Å². The van der Waals surface area contributed by atoms with Gasteiger partial charge in [0, 0.05) is 32.9 Å². The van der Waals surface area contributed by atoms with Crippen LogP contribution in [0.25, 0.3) is 0 Å². The summed E-state index contributed by atoms with van der Waals surface area (Å²) >= 11 is 0. The van der Waals surface area contributed by atoms with Crippen molar-refractivity contribution >= 4 is 29.9 Å². The molecule has 0 aliphatic carbocycles. The van der Waals surface area contributed by atoms with Crippen LogP contribution < -0.4 is 10.6 Å². The van der Waals surface area contributed by atoms with Gasteiger partial charge in [-0.1, -0.05) is 24.3 Å². The molecule has 0 spiro atoms. The van der Waals surface area contributed by atoms with E-state index in [1.807, 2.05) is 6.92 Å². The van der Waals surface area contributed by atoms with E-state index in [0.717, 1.165) is 69.3 Å². The van der Waals surface area contributed by atoms with Crippen LogP contribution in [0.1, 0.15) is 44.2 Å². The molecule has 31 heavy (non-hydrogen) atoms. The number of guanidine groups is 1. The van der Waals surface area contributed by atoms with E-state index in [1.165, 1.54) is 0 Å². The molecule has 1 unspecified atom stereocenters. The first kappa shape index (κ1) is 28.1. The average Bonchev–Trinajstić information content (AvgIpc) is 3.28. The predicted octanol–water partition coefficient (Wildman–Crippen LogP) is 3.50.